The summed E-state index contributed by atoms with van der Waals surface area (Å²) in [6, 6.07) is 21.6. The molecule has 1 aliphatic heterocycles. The van der Waals surface area contributed by atoms with E-state index < -0.39 is 0 Å². The van der Waals surface area contributed by atoms with E-state index in [0.717, 1.165) is 41.8 Å². The van der Waals surface area contributed by atoms with Crippen molar-refractivity contribution in [1.29, 1.82) is 0 Å². The van der Waals surface area contributed by atoms with E-state index in [2.05, 4.69) is 34.1 Å². The van der Waals surface area contributed by atoms with E-state index in [1.54, 1.807) is 18.5 Å². The van der Waals surface area contributed by atoms with E-state index in [1.807, 2.05) is 41.3 Å². The Hall–Kier alpha value is -3.28. The molecule has 0 radical (unpaired) electrons. The summed E-state index contributed by atoms with van der Waals surface area (Å²) < 4.78 is 0. The standard InChI is InChI=1S/C26H23ClN4O/c27-21-8-9-24-22(15-21)23(16-25(29-24)20-7-4-10-28-17-20)26(32)31-13-11-30(12-14-31)18-19-5-2-1-3-6-19/h1-10,15-17H,11-14,18H2. The second kappa shape index (κ2) is 9.07. The summed E-state index contributed by atoms with van der Waals surface area (Å²) in [4.78, 5) is 26.9. The van der Waals surface area contributed by atoms with Crippen LogP contribution in [0, 0.1) is 0 Å². The fraction of sp³-hybridized carbons (Fsp3) is 0.192. The number of hydrogen-bond acceptors (Lipinski definition) is 4. The minimum atomic E-state index is 0.0177. The number of carbonyl (C=O) groups excluding carboxylic acids is 1. The highest BCUT2D eigenvalue weighted by Crippen LogP contribution is 2.28. The number of pyridine rings is 2. The Balaban J connectivity index is 1.41. The van der Waals surface area contributed by atoms with Crippen LogP contribution in [-0.2, 0) is 6.54 Å². The molecular formula is C26H23ClN4O. The van der Waals surface area contributed by atoms with Crippen LogP contribution in [0.3, 0.4) is 0 Å². The van der Waals surface area contributed by atoms with Crippen LogP contribution in [0.25, 0.3) is 22.2 Å². The summed E-state index contributed by atoms with van der Waals surface area (Å²) in [6.45, 7) is 3.98. The Morgan fingerprint density at radius 2 is 1.75 bits per heavy atom. The van der Waals surface area contributed by atoms with E-state index >= 15 is 0 Å². The molecule has 1 aliphatic rings. The zero-order valence-corrected chi connectivity index (χ0v) is 18.4. The van der Waals surface area contributed by atoms with Crippen molar-refractivity contribution < 1.29 is 4.79 Å². The van der Waals surface area contributed by atoms with Crippen LogP contribution in [0.15, 0.2) is 79.1 Å². The molecule has 160 valence electrons. The lowest BCUT2D eigenvalue weighted by molar-refractivity contribution is 0.0630. The molecule has 3 heterocycles. The predicted octanol–water partition coefficient (Wildman–Crippen LogP) is 4.91. The first-order chi connectivity index (χ1) is 15.7. The van der Waals surface area contributed by atoms with Crippen LogP contribution in [0.4, 0.5) is 0 Å². The lowest BCUT2D eigenvalue weighted by Gasteiger charge is -2.35. The van der Waals surface area contributed by atoms with Gasteiger partial charge in [-0.3, -0.25) is 14.7 Å². The van der Waals surface area contributed by atoms with Gasteiger partial charge in [-0.25, -0.2) is 4.98 Å². The molecule has 0 aliphatic carbocycles. The van der Waals surface area contributed by atoms with Gasteiger partial charge in [-0.2, -0.15) is 0 Å². The molecule has 0 spiro atoms. The summed E-state index contributed by atoms with van der Waals surface area (Å²) in [5.41, 5.74) is 4.29. The van der Waals surface area contributed by atoms with Crippen LogP contribution in [-0.4, -0.2) is 51.9 Å². The smallest absolute Gasteiger partial charge is 0.254 e. The third-order valence-corrected chi connectivity index (χ3v) is 6.10. The SMILES string of the molecule is O=C(c1cc(-c2cccnc2)nc2ccc(Cl)cc12)N1CCN(Cc2ccccc2)CC1. The topological polar surface area (TPSA) is 49.3 Å². The number of carbonyl (C=O) groups is 1. The van der Waals surface area contributed by atoms with E-state index in [1.165, 1.54) is 5.56 Å². The molecule has 0 saturated carbocycles. The van der Waals surface area contributed by atoms with Gasteiger partial charge in [0, 0.05) is 61.1 Å². The molecule has 5 rings (SSSR count). The van der Waals surface area contributed by atoms with Crippen molar-refractivity contribution in [3.63, 3.8) is 0 Å². The molecule has 1 amide bonds. The van der Waals surface area contributed by atoms with Crippen LogP contribution in [0.2, 0.25) is 5.02 Å². The van der Waals surface area contributed by atoms with Gasteiger partial charge in [-0.05, 0) is 42.0 Å². The first-order valence-electron chi connectivity index (χ1n) is 10.7. The Morgan fingerprint density at radius 3 is 2.50 bits per heavy atom. The Morgan fingerprint density at radius 1 is 0.938 bits per heavy atom. The van der Waals surface area contributed by atoms with E-state index in [9.17, 15) is 4.79 Å². The highest BCUT2D eigenvalue weighted by molar-refractivity contribution is 6.31. The first-order valence-corrected chi connectivity index (χ1v) is 11.1. The van der Waals surface area contributed by atoms with Crippen molar-refractivity contribution in [2.24, 2.45) is 0 Å². The highest BCUT2D eigenvalue weighted by atomic mass is 35.5. The Kier molecular flexibility index (Phi) is 5.84. The maximum Gasteiger partial charge on any atom is 0.254 e. The average Bonchev–Trinajstić information content (AvgIpc) is 2.85. The number of halogens is 1. The maximum absolute atomic E-state index is 13.6. The molecule has 0 bridgehead atoms. The lowest BCUT2D eigenvalue weighted by atomic mass is 10.0. The summed E-state index contributed by atoms with van der Waals surface area (Å²) in [5.74, 6) is 0.0177. The van der Waals surface area contributed by atoms with Crippen LogP contribution in [0.5, 0.6) is 0 Å². The average molecular weight is 443 g/mol. The number of aromatic nitrogens is 2. The molecule has 0 atom stereocenters. The third kappa shape index (κ3) is 4.35. The van der Waals surface area contributed by atoms with Crippen molar-refractivity contribution >= 4 is 28.4 Å². The number of rotatable bonds is 4. The Bertz CT molecular complexity index is 1240. The number of benzene rings is 2. The second-order valence-electron chi connectivity index (χ2n) is 8.01. The zero-order valence-electron chi connectivity index (χ0n) is 17.6. The van der Waals surface area contributed by atoms with Gasteiger partial charge in [0.1, 0.15) is 0 Å². The van der Waals surface area contributed by atoms with Gasteiger partial charge in [0.2, 0.25) is 0 Å². The molecule has 4 aromatic rings. The monoisotopic (exact) mass is 442 g/mol. The predicted molar refractivity (Wildman–Crippen MR) is 128 cm³/mol. The molecule has 2 aromatic heterocycles. The Labute approximate surface area is 192 Å². The van der Waals surface area contributed by atoms with E-state index in [-0.39, 0.29) is 5.91 Å². The number of nitrogens with zero attached hydrogens (tertiary/aromatic N) is 4. The molecule has 6 heteroatoms. The molecule has 32 heavy (non-hydrogen) atoms. The summed E-state index contributed by atoms with van der Waals surface area (Å²) in [5, 5.41) is 1.37. The van der Waals surface area contributed by atoms with Gasteiger partial charge < -0.3 is 4.90 Å². The summed E-state index contributed by atoms with van der Waals surface area (Å²) >= 11 is 6.26. The zero-order chi connectivity index (χ0) is 21.9. The summed E-state index contributed by atoms with van der Waals surface area (Å²) in [6.07, 6.45) is 3.49. The molecule has 1 fully saturated rings. The quantitative estimate of drug-likeness (QED) is 0.450. The van der Waals surface area contributed by atoms with Crippen molar-refractivity contribution in [3.05, 3.63) is 95.3 Å². The molecule has 0 unspecified atom stereocenters. The first kappa shape index (κ1) is 20.6. The molecule has 2 aromatic carbocycles. The number of fused-ring (bicyclic) bond motifs is 1. The van der Waals surface area contributed by atoms with Gasteiger partial charge in [0.05, 0.1) is 16.8 Å². The number of amides is 1. The van der Waals surface area contributed by atoms with Crippen molar-refractivity contribution in [2.75, 3.05) is 26.2 Å². The highest BCUT2D eigenvalue weighted by Gasteiger charge is 2.24. The van der Waals surface area contributed by atoms with E-state index in [0.29, 0.717) is 23.7 Å². The van der Waals surface area contributed by atoms with Gasteiger partial charge in [-0.1, -0.05) is 41.9 Å². The minimum Gasteiger partial charge on any atom is -0.336 e. The number of piperazine rings is 1. The van der Waals surface area contributed by atoms with Crippen LogP contribution in [0.1, 0.15) is 15.9 Å². The molecule has 5 nitrogen and oxygen atoms in total. The van der Waals surface area contributed by atoms with E-state index in [4.69, 9.17) is 16.6 Å². The maximum atomic E-state index is 13.6. The van der Waals surface area contributed by atoms with Crippen LogP contribution >= 0.6 is 11.6 Å². The second-order valence-corrected chi connectivity index (χ2v) is 8.45. The van der Waals surface area contributed by atoms with Gasteiger partial charge >= 0.3 is 0 Å². The third-order valence-electron chi connectivity index (χ3n) is 5.87. The van der Waals surface area contributed by atoms with Crippen molar-refractivity contribution in [1.82, 2.24) is 19.8 Å². The minimum absolute atomic E-state index is 0.0177. The molecular weight excluding hydrogens is 420 g/mol. The van der Waals surface area contributed by atoms with Gasteiger partial charge in [0.25, 0.3) is 5.91 Å². The van der Waals surface area contributed by atoms with Crippen molar-refractivity contribution in [3.8, 4) is 11.3 Å². The fourth-order valence-electron chi connectivity index (χ4n) is 4.16. The number of hydrogen-bond donors (Lipinski definition) is 0. The fourth-order valence-corrected chi connectivity index (χ4v) is 4.33. The largest absolute Gasteiger partial charge is 0.336 e. The lowest BCUT2D eigenvalue weighted by Crippen LogP contribution is -2.48. The normalized spacial score (nSPS) is 14.6. The van der Waals surface area contributed by atoms with Crippen LogP contribution < -0.4 is 0 Å². The molecule has 1 saturated heterocycles. The summed E-state index contributed by atoms with van der Waals surface area (Å²) in [7, 11) is 0. The van der Waals surface area contributed by atoms with Gasteiger partial charge in [-0.15, -0.1) is 0 Å². The van der Waals surface area contributed by atoms with Gasteiger partial charge in [0.15, 0.2) is 0 Å². The molecule has 0 N–H and O–H groups in total. The van der Waals surface area contributed by atoms with Crippen molar-refractivity contribution in [2.45, 2.75) is 6.54 Å².